The highest BCUT2D eigenvalue weighted by Gasteiger charge is 2.29. The molecule has 1 amide bonds. The van der Waals surface area contributed by atoms with Crippen LogP contribution >= 0.6 is 0 Å². The van der Waals surface area contributed by atoms with Gasteiger partial charge < -0.3 is 14.4 Å². The average molecular weight is 589 g/mol. The Morgan fingerprint density at radius 1 is 0.727 bits per heavy atom. The number of fused-ring (bicyclic) bond motifs is 1. The van der Waals surface area contributed by atoms with E-state index in [4.69, 9.17) is 9.47 Å². The lowest BCUT2D eigenvalue weighted by Gasteiger charge is -2.25. The van der Waals surface area contributed by atoms with Crippen molar-refractivity contribution in [2.24, 2.45) is 0 Å². The van der Waals surface area contributed by atoms with Crippen LogP contribution in [0.5, 0.6) is 11.5 Å². The second kappa shape index (κ2) is 13.5. The fourth-order valence-corrected chi connectivity index (χ4v) is 5.99. The summed E-state index contributed by atoms with van der Waals surface area (Å²) in [6.07, 6.45) is 1.27. The fourth-order valence-electron chi connectivity index (χ4n) is 5.99. The molecule has 0 aromatic heterocycles. The van der Waals surface area contributed by atoms with Gasteiger partial charge >= 0.3 is 0 Å². The third kappa shape index (κ3) is 7.03. The zero-order valence-corrected chi connectivity index (χ0v) is 25.6. The molecule has 4 aromatic carbocycles. The maximum Gasteiger partial charge on any atom is 0.258 e. The Labute approximate surface area is 260 Å². The van der Waals surface area contributed by atoms with Crippen molar-refractivity contribution in [2.45, 2.75) is 65.5 Å². The van der Waals surface area contributed by atoms with E-state index >= 15 is 0 Å². The number of hydrogen-bond donors (Lipinski definition) is 0. The maximum absolute atomic E-state index is 14.2. The number of nitrogens with zero attached hydrogens (tertiary/aromatic N) is 2. The van der Waals surface area contributed by atoms with Crippen molar-refractivity contribution < 1.29 is 19.1 Å². The number of Topliss-reactive ketones (excluding diaryl/α,β-unsaturated/α-hetero) is 1. The molecule has 0 aliphatic carbocycles. The van der Waals surface area contributed by atoms with Gasteiger partial charge in [-0.25, -0.2) is 0 Å². The first kappa shape index (κ1) is 29.6. The Morgan fingerprint density at radius 2 is 1.34 bits per heavy atom. The summed E-state index contributed by atoms with van der Waals surface area (Å²) in [7, 11) is 0. The zero-order chi connectivity index (χ0) is 30.5. The number of hydrogen-bond acceptors (Lipinski definition) is 5. The topological polar surface area (TPSA) is 59.1 Å². The van der Waals surface area contributed by atoms with E-state index < -0.39 is 0 Å². The van der Waals surface area contributed by atoms with Gasteiger partial charge in [0.25, 0.3) is 5.91 Å². The van der Waals surface area contributed by atoms with E-state index in [2.05, 4.69) is 36.9 Å². The summed E-state index contributed by atoms with van der Waals surface area (Å²) >= 11 is 0. The minimum atomic E-state index is -0.0446. The molecular weight excluding hydrogens is 548 g/mol. The lowest BCUT2D eigenvalue weighted by molar-refractivity contribution is -0.121. The molecule has 0 unspecified atom stereocenters. The van der Waals surface area contributed by atoms with Crippen molar-refractivity contribution in [1.29, 1.82) is 0 Å². The van der Waals surface area contributed by atoms with Crippen LogP contribution in [0.25, 0.3) is 0 Å². The summed E-state index contributed by atoms with van der Waals surface area (Å²) in [5.74, 6) is 1.73. The summed E-state index contributed by atoms with van der Waals surface area (Å²) in [6.45, 7) is 8.61. The summed E-state index contributed by atoms with van der Waals surface area (Å²) < 4.78 is 12.7. The highest BCUT2D eigenvalue weighted by molar-refractivity contribution is 5.98. The van der Waals surface area contributed by atoms with Crippen molar-refractivity contribution in [3.05, 3.63) is 130 Å². The Hall–Kier alpha value is -4.42. The van der Waals surface area contributed by atoms with E-state index in [-0.39, 0.29) is 11.8 Å². The molecule has 226 valence electrons. The second-order valence-corrected chi connectivity index (χ2v) is 12.2. The third-order valence-corrected chi connectivity index (χ3v) is 8.54. The molecule has 6 heteroatoms. The van der Waals surface area contributed by atoms with Gasteiger partial charge in [-0.1, -0.05) is 92.7 Å². The van der Waals surface area contributed by atoms with Gasteiger partial charge in [-0.15, -0.1) is 0 Å². The summed E-state index contributed by atoms with van der Waals surface area (Å²) in [5.41, 5.74) is 7.23. The molecule has 0 spiro atoms. The zero-order valence-electron chi connectivity index (χ0n) is 25.6. The van der Waals surface area contributed by atoms with Gasteiger partial charge in [0.2, 0.25) is 0 Å². The smallest absolute Gasteiger partial charge is 0.258 e. The van der Waals surface area contributed by atoms with Gasteiger partial charge in [0.15, 0.2) is 0 Å². The Morgan fingerprint density at radius 3 is 1.98 bits per heavy atom. The van der Waals surface area contributed by atoms with Crippen LogP contribution in [-0.2, 0) is 37.6 Å². The van der Waals surface area contributed by atoms with E-state index in [0.717, 1.165) is 42.1 Å². The van der Waals surface area contributed by atoms with Crippen molar-refractivity contribution in [3.8, 4) is 11.5 Å². The quantitative estimate of drug-likeness (QED) is 0.195. The average Bonchev–Trinajstić information content (AvgIpc) is 3.48. The molecule has 44 heavy (non-hydrogen) atoms. The highest BCUT2D eigenvalue weighted by Crippen LogP contribution is 2.37. The predicted molar refractivity (Wildman–Crippen MR) is 172 cm³/mol. The van der Waals surface area contributed by atoms with Crippen LogP contribution in [0, 0.1) is 0 Å². The van der Waals surface area contributed by atoms with Crippen molar-refractivity contribution in [3.63, 3.8) is 0 Å². The molecule has 2 heterocycles. The summed E-state index contributed by atoms with van der Waals surface area (Å²) in [5, 5.41) is 0. The minimum absolute atomic E-state index is 0.0446. The molecule has 0 bridgehead atoms. The number of carbonyl (C=O) groups excluding carboxylic acids is 2. The highest BCUT2D eigenvalue weighted by atomic mass is 16.5. The van der Waals surface area contributed by atoms with Gasteiger partial charge in [0.05, 0.1) is 5.56 Å². The summed E-state index contributed by atoms with van der Waals surface area (Å²) in [6, 6.07) is 30.5. The molecule has 6 rings (SSSR count). The molecule has 1 saturated heterocycles. The SMILES string of the molecule is CC(C)c1cc(C(=O)N2Cc3ccc(CN4CCC(=O)CC4)cc3C2)c(OCc2ccccc2)cc1OCc1ccccc1. The first-order valence-corrected chi connectivity index (χ1v) is 15.6. The van der Waals surface area contributed by atoms with E-state index in [9.17, 15) is 9.59 Å². The number of carbonyl (C=O) groups is 2. The first-order chi connectivity index (χ1) is 21.4. The lowest BCUT2D eigenvalue weighted by atomic mass is 9.98. The molecule has 0 atom stereocenters. The van der Waals surface area contributed by atoms with Crippen molar-refractivity contribution in [2.75, 3.05) is 13.1 Å². The number of ketones is 1. The lowest BCUT2D eigenvalue weighted by Crippen LogP contribution is -2.33. The van der Waals surface area contributed by atoms with Crippen LogP contribution in [-0.4, -0.2) is 34.6 Å². The van der Waals surface area contributed by atoms with E-state index in [0.29, 0.717) is 56.2 Å². The van der Waals surface area contributed by atoms with Gasteiger partial charge in [0.1, 0.15) is 30.5 Å². The van der Waals surface area contributed by atoms with Crippen LogP contribution < -0.4 is 9.47 Å². The normalized spacial score (nSPS) is 15.0. The van der Waals surface area contributed by atoms with Crippen LogP contribution in [0.1, 0.15) is 76.3 Å². The minimum Gasteiger partial charge on any atom is -0.488 e. The van der Waals surface area contributed by atoms with Crippen LogP contribution in [0.15, 0.2) is 91.0 Å². The van der Waals surface area contributed by atoms with Gasteiger partial charge in [-0.05, 0) is 45.4 Å². The van der Waals surface area contributed by atoms with Gasteiger partial charge in [-0.3, -0.25) is 14.5 Å². The second-order valence-electron chi connectivity index (χ2n) is 12.2. The fraction of sp³-hybridized carbons (Fsp3) is 0.316. The molecular formula is C38H40N2O4. The predicted octanol–water partition coefficient (Wildman–Crippen LogP) is 7.29. The molecule has 2 aliphatic heterocycles. The summed E-state index contributed by atoms with van der Waals surface area (Å²) in [4.78, 5) is 30.1. The molecule has 6 nitrogen and oxygen atoms in total. The number of rotatable bonds is 10. The molecule has 0 saturated carbocycles. The standard InChI is InChI=1S/C38H40N2O4/c1-27(2)34-20-35(37(44-26-29-11-7-4-8-12-29)21-36(34)43-25-28-9-5-3-6-10-28)38(42)40-23-31-14-13-30(19-32(31)24-40)22-39-17-15-33(41)16-18-39/h3-14,19-21,27H,15-18,22-26H2,1-2H3. The van der Waals surface area contributed by atoms with Crippen molar-refractivity contribution >= 4 is 11.7 Å². The van der Waals surface area contributed by atoms with Crippen LogP contribution in [0.3, 0.4) is 0 Å². The monoisotopic (exact) mass is 588 g/mol. The Bertz CT molecular complexity index is 1610. The van der Waals surface area contributed by atoms with Crippen molar-refractivity contribution in [1.82, 2.24) is 9.80 Å². The number of amides is 1. The number of piperidine rings is 1. The molecule has 1 fully saturated rings. The molecule has 0 radical (unpaired) electrons. The Balaban J connectivity index is 1.24. The number of benzene rings is 4. The number of likely N-dealkylation sites (tertiary alicyclic amines) is 1. The van der Waals surface area contributed by atoms with E-state index in [1.165, 1.54) is 16.7 Å². The first-order valence-electron chi connectivity index (χ1n) is 15.6. The maximum atomic E-state index is 14.2. The molecule has 2 aliphatic rings. The molecule has 0 N–H and O–H groups in total. The number of ether oxygens (including phenoxy) is 2. The largest absolute Gasteiger partial charge is 0.488 e. The van der Waals surface area contributed by atoms with Gasteiger partial charge in [-0.2, -0.15) is 0 Å². The van der Waals surface area contributed by atoms with Crippen LogP contribution in [0.2, 0.25) is 0 Å². The third-order valence-electron chi connectivity index (χ3n) is 8.54. The van der Waals surface area contributed by atoms with E-state index in [1.54, 1.807) is 0 Å². The van der Waals surface area contributed by atoms with E-state index in [1.807, 2.05) is 77.7 Å². The molecule has 4 aromatic rings. The Kier molecular flexibility index (Phi) is 9.08. The van der Waals surface area contributed by atoms with Crippen LogP contribution in [0.4, 0.5) is 0 Å². The van der Waals surface area contributed by atoms with Gasteiger partial charge in [0, 0.05) is 51.6 Å².